The fourth-order valence-corrected chi connectivity index (χ4v) is 6.81. The molecule has 6 aromatic rings. The predicted octanol–water partition coefficient (Wildman–Crippen LogP) is 6.58. The van der Waals surface area contributed by atoms with Crippen LogP contribution in [-0.4, -0.2) is 48.5 Å². The molecule has 1 aliphatic rings. The van der Waals surface area contributed by atoms with E-state index in [2.05, 4.69) is 11.7 Å². The Morgan fingerprint density at radius 1 is 1.12 bits per heavy atom. The summed E-state index contributed by atoms with van der Waals surface area (Å²) in [5.74, 6) is -1.61. The van der Waals surface area contributed by atoms with Crippen LogP contribution in [-0.2, 0) is 24.9 Å². The van der Waals surface area contributed by atoms with Crippen LogP contribution < -0.4 is 4.74 Å². The average Bonchev–Trinajstić information content (AvgIpc) is 3.72. The number of methoxy groups -OCH3 is 1. The molecule has 11 heteroatoms. The van der Waals surface area contributed by atoms with Gasteiger partial charge in [-0.25, -0.2) is 13.8 Å². The third-order valence-corrected chi connectivity index (χ3v) is 8.79. The van der Waals surface area contributed by atoms with Crippen molar-refractivity contribution in [2.24, 2.45) is 7.05 Å². The molecule has 0 aliphatic carbocycles. The van der Waals surface area contributed by atoms with Crippen molar-refractivity contribution in [1.82, 2.24) is 29.4 Å². The number of hydrogen-bond donors (Lipinski definition) is 0. The monoisotopic (exact) mass is 596 g/mol. The minimum absolute atomic E-state index is 0.0557. The number of halogens is 2. The summed E-state index contributed by atoms with van der Waals surface area (Å²) in [6.07, 6.45) is 3.25. The van der Waals surface area contributed by atoms with E-state index in [9.17, 15) is 9.18 Å². The summed E-state index contributed by atoms with van der Waals surface area (Å²) < 4.78 is 40.0. The molecule has 0 N–H and O–H groups in total. The van der Waals surface area contributed by atoms with Crippen molar-refractivity contribution < 1.29 is 18.3 Å². The third-order valence-electron chi connectivity index (χ3n) is 7.85. The van der Waals surface area contributed by atoms with E-state index in [0.29, 0.717) is 35.7 Å². The molecule has 0 saturated heterocycles. The van der Waals surface area contributed by atoms with Gasteiger partial charge in [-0.1, -0.05) is 12.6 Å². The Bertz CT molecular complexity index is 2090. The SMILES string of the molecule is C=CC(=O)N1Cc2cc(-c3nc(-c4ccc5nn(C)cc5c4)c4ccsc4c3-c3c(F)cc(F)cc3OC)nn2CC1C. The number of carbonyl (C=O) groups is 1. The number of pyridine rings is 1. The van der Waals surface area contributed by atoms with Crippen LogP contribution in [0.1, 0.15) is 12.6 Å². The predicted molar refractivity (Wildman–Crippen MR) is 163 cm³/mol. The molecule has 0 saturated carbocycles. The van der Waals surface area contributed by atoms with Gasteiger partial charge < -0.3 is 9.64 Å². The first-order valence-electron chi connectivity index (χ1n) is 13.6. The highest BCUT2D eigenvalue weighted by molar-refractivity contribution is 7.18. The van der Waals surface area contributed by atoms with E-state index in [0.717, 1.165) is 38.3 Å². The minimum atomic E-state index is -0.764. The maximum atomic E-state index is 15.7. The molecule has 5 heterocycles. The zero-order valence-electron chi connectivity index (χ0n) is 23.6. The number of rotatable bonds is 5. The van der Waals surface area contributed by atoms with Gasteiger partial charge in [-0.15, -0.1) is 11.3 Å². The highest BCUT2D eigenvalue weighted by Gasteiger charge is 2.30. The number of hydrogen-bond acceptors (Lipinski definition) is 6. The van der Waals surface area contributed by atoms with Crippen LogP contribution in [0.4, 0.5) is 8.78 Å². The van der Waals surface area contributed by atoms with Crippen molar-refractivity contribution in [2.45, 2.75) is 26.1 Å². The fourth-order valence-electron chi connectivity index (χ4n) is 5.86. The van der Waals surface area contributed by atoms with Crippen LogP contribution >= 0.6 is 11.3 Å². The Balaban J connectivity index is 1.51. The molecular formula is C32H26F2N6O2S. The van der Waals surface area contributed by atoms with Gasteiger partial charge >= 0.3 is 0 Å². The van der Waals surface area contributed by atoms with E-state index in [1.54, 1.807) is 9.58 Å². The topological polar surface area (TPSA) is 78.1 Å². The first kappa shape index (κ1) is 27.0. The molecule has 8 nitrogen and oxygen atoms in total. The molecule has 4 aromatic heterocycles. The number of aryl methyl sites for hydroxylation is 1. The normalized spacial score (nSPS) is 14.8. The molecule has 216 valence electrons. The van der Waals surface area contributed by atoms with Crippen molar-refractivity contribution in [3.63, 3.8) is 0 Å². The van der Waals surface area contributed by atoms with Gasteiger partial charge in [-0.3, -0.25) is 14.2 Å². The summed E-state index contributed by atoms with van der Waals surface area (Å²) in [6.45, 7) is 6.41. The zero-order chi connectivity index (χ0) is 30.0. The molecule has 43 heavy (non-hydrogen) atoms. The summed E-state index contributed by atoms with van der Waals surface area (Å²) >= 11 is 1.44. The zero-order valence-corrected chi connectivity index (χ0v) is 24.5. The van der Waals surface area contributed by atoms with Gasteiger partial charge in [0.25, 0.3) is 0 Å². The first-order chi connectivity index (χ1) is 20.7. The van der Waals surface area contributed by atoms with Crippen LogP contribution in [0.2, 0.25) is 0 Å². The number of nitrogens with zero attached hydrogens (tertiary/aromatic N) is 6. The van der Waals surface area contributed by atoms with Gasteiger partial charge in [0.2, 0.25) is 5.91 Å². The lowest BCUT2D eigenvalue weighted by molar-refractivity contribution is -0.129. The molecule has 0 spiro atoms. The molecule has 0 radical (unpaired) electrons. The lowest BCUT2D eigenvalue weighted by atomic mass is 9.96. The van der Waals surface area contributed by atoms with Crippen LogP contribution in [0, 0.1) is 11.6 Å². The van der Waals surface area contributed by atoms with Gasteiger partial charge in [-0.2, -0.15) is 10.2 Å². The number of carbonyl (C=O) groups excluding carboxylic acids is 1. The number of fused-ring (bicyclic) bond motifs is 3. The average molecular weight is 597 g/mol. The van der Waals surface area contributed by atoms with Gasteiger partial charge in [0, 0.05) is 58.0 Å². The molecule has 1 aliphatic heterocycles. The lowest BCUT2D eigenvalue weighted by Gasteiger charge is -2.33. The van der Waals surface area contributed by atoms with Gasteiger partial charge in [-0.05, 0) is 42.6 Å². The maximum Gasteiger partial charge on any atom is 0.246 e. The second kappa shape index (κ2) is 10.1. The number of aromatic nitrogens is 5. The van der Waals surface area contributed by atoms with Crippen molar-refractivity contribution in [1.29, 1.82) is 0 Å². The minimum Gasteiger partial charge on any atom is -0.496 e. The van der Waals surface area contributed by atoms with Gasteiger partial charge in [0.15, 0.2) is 0 Å². The highest BCUT2D eigenvalue weighted by atomic mass is 32.1. The van der Waals surface area contributed by atoms with E-state index >= 15 is 4.39 Å². The summed E-state index contributed by atoms with van der Waals surface area (Å²) in [4.78, 5) is 19.4. The molecule has 2 aromatic carbocycles. The van der Waals surface area contributed by atoms with E-state index in [4.69, 9.17) is 14.8 Å². The summed E-state index contributed by atoms with van der Waals surface area (Å²) in [5, 5.41) is 13.1. The van der Waals surface area contributed by atoms with Crippen molar-refractivity contribution in [3.05, 3.63) is 84.0 Å². The van der Waals surface area contributed by atoms with Crippen molar-refractivity contribution in [2.75, 3.05) is 7.11 Å². The first-order valence-corrected chi connectivity index (χ1v) is 14.5. The summed E-state index contributed by atoms with van der Waals surface area (Å²) in [7, 11) is 3.26. The summed E-state index contributed by atoms with van der Waals surface area (Å²) in [6, 6.07) is 11.7. The largest absolute Gasteiger partial charge is 0.496 e. The number of thiophene rings is 1. The van der Waals surface area contributed by atoms with Gasteiger partial charge in [0.05, 0.1) is 42.7 Å². The second-order valence-electron chi connectivity index (χ2n) is 10.6. The molecule has 1 unspecified atom stereocenters. The Labute approximate surface area is 249 Å². The van der Waals surface area contributed by atoms with E-state index < -0.39 is 11.6 Å². The Morgan fingerprint density at radius 2 is 1.95 bits per heavy atom. The van der Waals surface area contributed by atoms with Crippen LogP contribution in [0.15, 0.2) is 66.7 Å². The highest BCUT2D eigenvalue weighted by Crippen LogP contribution is 2.47. The van der Waals surface area contributed by atoms with Crippen LogP contribution in [0.5, 0.6) is 5.75 Å². The Morgan fingerprint density at radius 3 is 2.74 bits per heavy atom. The number of benzene rings is 2. The van der Waals surface area contributed by atoms with E-state index in [1.807, 2.05) is 60.6 Å². The summed E-state index contributed by atoms with van der Waals surface area (Å²) in [5.41, 5.74) is 4.74. The Hall–Kier alpha value is -4.90. The number of ether oxygens (including phenoxy) is 1. The van der Waals surface area contributed by atoms with Crippen LogP contribution in [0.25, 0.3) is 54.8 Å². The standard InChI is InChI=1S/C32H26F2N6O2S/c1-5-27(41)39-16-21-13-25(37-40(21)14-17(39)2)31-29(28-23(34)11-20(33)12-26(28)42-4)32-22(8-9-43-32)30(35-31)18-6-7-24-19(10-18)15-38(3)36-24/h5-13,15,17H,1,14,16H2,2-4H3. The molecule has 0 fully saturated rings. The smallest absolute Gasteiger partial charge is 0.246 e. The maximum absolute atomic E-state index is 15.7. The van der Waals surface area contributed by atoms with E-state index in [-0.39, 0.29) is 23.3 Å². The molecule has 1 amide bonds. The molecule has 1 atom stereocenters. The second-order valence-corrected chi connectivity index (χ2v) is 11.5. The quantitative estimate of drug-likeness (QED) is 0.210. The van der Waals surface area contributed by atoms with Crippen LogP contribution in [0.3, 0.4) is 0 Å². The molecule has 0 bridgehead atoms. The lowest BCUT2D eigenvalue weighted by Crippen LogP contribution is -2.44. The molecular weight excluding hydrogens is 570 g/mol. The number of amides is 1. The third kappa shape index (κ3) is 4.38. The molecule has 7 rings (SSSR count). The Kier molecular flexibility index (Phi) is 6.35. The fraction of sp³-hybridized carbons (Fsp3) is 0.188. The van der Waals surface area contributed by atoms with Crippen molar-refractivity contribution >= 4 is 38.2 Å². The van der Waals surface area contributed by atoms with Gasteiger partial charge in [0.1, 0.15) is 28.8 Å². The van der Waals surface area contributed by atoms with E-state index in [1.165, 1.54) is 30.6 Å². The van der Waals surface area contributed by atoms with Crippen molar-refractivity contribution in [3.8, 4) is 39.5 Å².